The molecular formula is C19H23NO3. The minimum atomic E-state index is 0.165. The van der Waals surface area contributed by atoms with Crippen LogP contribution in [0.2, 0.25) is 0 Å². The van der Waals surface area contributed by atoms with E-state index < -0.39 is 0 Å². The second-order valence-corrected chi connectivity index (χ2v) is 6.57. The molecule has 1 aromatic rings. The van der Waals surface area contributed by atoms with Crippen LogP contribution in [-0.2, 0) is 4.79 Å². The Morgan fingerprint density at radius 3 is 2.78 bits per heavy atom. The molecule has 4 rings (SSSR count). The Hall–Kier alpha value is -1.97. The van der Waals surface area contributed by atoms with Gasteiger partial charge in [-0.2, -0.15) is 0 Å². The average Bonchev–Trinajstić information content (AvgIpc) is 3.11. The monoisotopic (exact) mass is 313 g/mol. The van der Waals surface area contributed by atoms with Crippen LogP contribution in [0.4, 0.5) is 0 Å². The summed E-state index contributed by atoms with van der Waals surface area (Å²) in [5.74, 6) is 2.12. The van der Waals surface area contributed by atoms with E-state index in [9.17, 15) is 4.79 Å². The summed E-state index contributed by atoms with van der Waals surface area (Å²) < 4.78 is 11.3. The predicted molar refractivity (Wildman–Crippen MR) is 87.6 cm³/mol. The number of likely N-dealkylation sites (tertiary alicyclic amines) is 1. The third-order valence-electron chi connectivity index (χ3n) is 5.11. The molecule has 1 aliphatic carbocycles. The Morgan fingerprint density at radius 1 is 1.09 bits per heavy atom. The Kier molecular flexibility index (Phi) is 3.98. The van der Waals surface area contributed by atoms with E-state index in [1.54, 1.807) is 0 Å². The summed E-state index contributed by atoms with van der Waals surface area (Å²) in [4.78, 5) is 15.0. The van der Waals surface area contributed by atoms with Crippen LogP contribution in [0.25, 0.3) is 0 Å². The molecule has 0 N–H and O–H groups in total. The van der Waals surface area contributed by atoms with Crippen LogP contribution < -0.4 is 9.47 Å². The average molecular weight is 313 g/mol. The van der Waals surface area contributed by atoms with Crippen LogP contribution in [0, 0.1) is 5.92 Å². The summed E-state index contributed by atoms with van der Waals surface area (Å²) in [7, 11) is 0. The standard InChI is InChI=1S/C19H23NO3/c21-19(14-5-2-1-3-6-14)20-10-4-7-16(20)15-8-9-17-18(13-15)23-12-11-22-17/h1-2,8-9,13-14,16H,3-7,10-12H2/t14-,16-/m1/s1. The molecule has 0 unspecified atom stereocenters. The van der Waals surface area contributed by atoms with E-state index in [4.69, 9.17) is 9.47 Å². The lowest BCUT2D eigenvalue weighted by Gasteiger charge is -2.30. The maximum atomic E-state index is 12.9. The van der Waals surface area contributed by atoms with Gasteiger partial charge in [0.1, 0.15) is 13.2 Å². The van der Waals surface area contributed by atoms with Crippen molar-refractivity contribution in [3.63, 3.8) is 0 Å². The van der Waals surface area contributed by atoms with Gasteiger partial charge in [-0.1, -0.05) is 18.2 Å². The van der Waals surface area contributed by atoms with Gasteiger partial charge in [-0.05, 0) is 49.8 Å². The van der Waals surface area contributed by atoms with Crippen molar-refractivity contribution in [2.75, 3.05) is 19.8 Å². The van der Waals surface area contributed by atoms with Crippen LogP contribution in [0.3, 0.4) is 0 Å². The summed E-state index contributed by atoms with van der Waals surface area (Å²) in [6, 6.07) is 6.31. The van der Waals surface area contributed by atoms with Gasteiger partial charge in [-0.15, -0.1) is 0 Å². The molecule has 2 atom stereocenters. The summed E-state index contributed by atoms with van der Waals surface area (Å²) in [5, 5.41) is 0. The molecule has 1 fully saturated rings. The lowest BCUT2D eigenvalue weighted by molar-refractivity contribution is -0.136. The van der Waals surface area contributed by atoms with Crippen molar-refractivity contribution in [2.45, 2.75) is 38.1 Å². The topological polar surface area (TPSA) is 38.8 Å². The molecule has 0 bridgehead atoms. The first-order valence-corrected chi connectivity index (χ1v) is 8.68. The van der Waals surface area contributed by atoms with E-state index in [0.29, 0.717) is 19.1 Å². The molecule has 0 aromatic heterocycles. The summed E-state index contributed by atoms with van der Waals surface area (Å²) >= 11 is 0. The third kappa shape index (κ3) is 2.82. The number of allylic oxidation sites excluding steroid dienone is 2. The van der Waals surface area contributed by atoms with Crippen molar-refractivity contribution >= 4 is 5.91 Å². The highest BCUT2D eigenvalue weighted by Crippen LogP contribution is 2.39. The van der Waals surface area contributed by atoms with Gasteiger partial charge in [0, 0.05) is 12.5 Å². The normalized spacial score (nSPS) is 26.3. The SMILES string of the molecule is O=C([C@@H]1CC=CCC1)N1CCC[C@@H]1c1ccc2c(c1)OCCO2. The van der Waals surface area contributed by atoms with Gasteiger partial charge in [0.2, 0.25) is 5.91 Å². The quantitative estimate of drug-likeness (QED) is 0.785. The fourth-order valence-electron chi connectivity index (χ4n) is 3.90. The van der Waals surface area contributed by atoms with Crippen molar-refractivity contribution in [2.24, 2.45) is 5.92 Å². The van der Waals surface area contributed by atoms with Crippen LogP contribution in [0.15, 0.2) is 30.4 Å². The number of carbonyl (C=O) groups is 1. The van der Waals surface area contributed by atoms with Crippen LogP contribution >= 0.6 is 0 Å². The Balaban J connectivity index is 1.55. The first-order chi connectivity index (χ1) is 11.3. The molecule has 0 saturated carbocycles. The number of hydrogen-bond acceptors (Lipinski definition) is 3. The minimum Gasteiger partial charge on any atom is -0.486 e. The van der Waals surface area contributed by atoms with E-state index in [0.717, 1.165) is 50.1 Å². The molecule has 0 radical (unpaired) electrons. The first-order valence-electron chi connectivity index (χ1n) is 8.68. The van der Waals surface area contributed by atoms with Gasteiger partial charge in [0.05, 0.1) is 6.04 Å². The summed E-state index contributed by atoms with van der Waals surface area (Å²) in [6.07, 6.45) is 9.36. The van der Waals surface area contributed by atoms with Crippen molar-refractivity contribution in [1.29, 1.82) is 0 Å². The van der Waals surface area contributed by atoms with Gasteiger partial charge < -0.3 is 14.4 Å². The summed E-state index contributed by atoms with van der Waals surface area (Å²) in [6.45, 7) is 2.08. The Bertz CT molecular complexity index is 625. The van der Waals surface area contributed by atoms with Gasteiger partial charge >= 0.3 is 0 Å². The number of hydrogen-bond donors (Lipinski definition) is 0. The highest BCUT2D eigenvalue weighted by atomic mass is 16.6. The van der Waals surface area contributed by atoms with E-state index in [2.05, 4.69) is 29.2 Å². The predicted octanol–water partition coefficient (Wildman–Crippen LogP) is 3.48. The highest BCUT2D eigenvalue weighted by Gasteiger charge is 2.34. The molecule has 23 heavy (non-hydrogen) atoms. The fourth-order valence-corrected chi connectivity index (χ4v) is 3.90. The lowest BCUT2D eigenvalue weighted by atomic mass is 9.92. The molecular weight excluding hydrogens is 290 g/mol. The number of fused-ring (bicyclic) bond motifs is 1. The zero-order valence-corrected chi connectivity index (χ0v) is 13.4. The molecule has 4 heteroatoms. The van der Waals surface area contributed by atoms with E-state index in [1.807, 2.05) is 6.07 Å². The molecule has 4 nitrogen and oxygen atoms in total. The third-order valence-corrected chi connectivity index (χ3v) is 5.11. The van der Waals surface area contributed by atoms with Crippen molar-refractivity contribution in [3.05, 3.63) is 35.9 Å². The second-order valence-electron chi connectivity index (χ2n) is 6.57. The molecule has 1 saturated heterocycles. The van der Waals surface area contributed by atoms with Gasteiger partial charge in [0.25, 0.3) is 0 Å². The van der Waals surface area contributed by atoms with Crippen LogP contribution in [-0.4, -0.2) is 30.6 Å². The maximum Gasteiger partial charge on any atom is 0.226 e. The number of rotatable bonds is 2. The number of benzene rings is 1. The molecule has 122 valence electrons. The van der Waals surface area contributed by atoms with Gasteiger partial charge in [-0.25, -0.2) is 0 Å². The fraction of sp³-hybridized carbons (Fsp3) is 0.526. The number of nitrogens with zero attached hydrogens (tertiary/aromatic N) is 1. The Labute approximate surface area is 137 Å². The largest absolute Gasteiger partial charge is 0.486 e. The first kappa shape index (κ1) is 14.6. The maximum absolute atomic E-state index is 12.9. The molecule has 1 amide bonds. The van der Waals surface area contributed by atoms with E-state index in [-0.39, 0.29) is 12.0 Å². The zero-order chi connectivity index (χ0) is 15.6. The number of amides is 1. The van der Waals surface area contributed by atoms with Crippen molar-refractivity contribution < 1.29 is 14.3 Å². The van der Waals surface area contributed by atoms with Crippen molar-refractivity contribution in [1.82, 2.24) is 4.90 Å². The second kappa shape index (κ2) is 6.26. The summed E-state index contributed by atoms with van der Waals surface area (Å²) in [5.41, 5.74) is 1.17. The molecule has 1 aromatic carbocycles. The van der Waals surface area contributed by atoms with Gasteiger partial charge in [-0.3, -0.25) is 4.79 Å². The van der Waals surface area contributed by atoms with E-state index in [1.165, 1.54) is 5.56 Å². The van der Waals surface area contributed by atoms with Gasteiger partial charge in [0.15, 0.2) is 11.5 Å². The smallest absolute Gasteiger partial charge is 0.226 e. The van der Waals surface area contributed by atoms with Crippen molar-refractivity contribution in [3.8, 4) is 11.5 Å². The van der Waals surface area contributed by atoms with Crippen LogP contribution in [0.1, 0.15) is 43.7 Å². The van der Waals surface area contributed by atoms with E-state index >= 15 is 0 Å². The van der Waals surface area contributed by atoms with Crippen LogP contribution in [0.5, 0.6) is 11.5 Å². The molecule has 2 aliphatic heterocycles. The molecule has 3 aliphatic rings. The minimum absolute atomic E-state index is 0.165. The number of ether oxygens (including phenoxy) is 2. The lowest BCUT2D eigenvalue weighted by Crippen LogP contribution is -2.36. The molecule has 0 spiro atoms. The highest BCUT2D eigenvalue weighted by molar-refractivity contribution is 5.80. The number of carbonyl (C=O) groups excluding carboxylic acids is 1. The molecule has 2 heterocycles. The Morgan fingerprint density at radius 2 is 1.96 bits per heavy atom. The zero-order valence-electron chi connectivity index (χ0n) is 13.4.